The zero-order valence-electron chi connectivity index (χ0n) is 11.0. The van der Waals surface area contributed by atoms with Crippen LogP contribution in [0, 0.1) is 0 Å². The zero-order valence-corrected chi connectivity index (χ0v) is 11.0. The van der Waals surface area contributed by atoms with E-state index in [4.69, 9.17) is 0 Å². The molecule has 0 bridgehead atoms. The highest BCUT2D eigenvalue weighted by atomic mass is 15.2. The van der Waals surface area contributed by atoms with Crippen LogP contribution in [-0.4, -0.2) is 36.6 Å². The van der Waals surface area contributed by atoms with Gasteiger partial charge in [-0.05, 0) is 39.3 Å². The van der Waals surface area contributed by atoms with Crippen LogP contribution in [0.3, 0.4) is 0 Å². The summed E-state index contributed by atoms with van der Waals surface area (Å²) in [4.78, 5) is 2.78. The number of hydrogen-bond acceptors (Lipinski definition) is 2. The molecule has 94 valence electrons. The SMILES string of the molecule is CCN(C1CC1)C1CCCCCCC1NC. The van der Waals surface area contributed by atoms with Crippen LogP contribution in [0.15, 0.2) is 0 Å². The predicted molar refractivity (Wildman–Crippen MR) is 69.7 cm³/mol. The normalized spacial score (nSPS) is 32.4. The Bertz CT molecular complexity index is 201. The average molecular weight is 224 g/mol. The summed E-state index contributed by atoms with van der Waals surface area (Å²) in [5.41, 5.74) is 0. The van der Waals surface area contributed by atoms with Crippen LogP contribution in [0.25, 0.3) is 0 Å². The summed E-state index contributed by atoms with van der Waals surface area (Å²) in [7, 11) is 2.15. The quantitative estimate of drug-likeness (QED) is 0.790. The lowest BCUT2D eigenvalue weighted by Crippen LogP contribution is -2.50. The molecule has 2 heteroatoms. The van der Waals surface area contributed by atoms with E-state index in [-0.39, 0.29) is 0 Å². The third-order valence-corrected chi connectivity index (χ3v) is 4.41. The molecular weight excluding hydrogens is 196 g/mol. The summed E-state index contributed by atoms with van der Waals surface area (Å²) in [5, 5.41) is 3.58. The maximum atomic E-state index is 3.58. The zero-order chi connectivity index (χ0) is 11.4. The van der Waals surface area contributed by atoms with E-state index in [9.17, 15) is 0 Å². The van der Waals surface area contributed by atoms with Crippen molar-refractivity contribution in [3.8, 4) is 0 Å². The second kappa shape index (κ2) is 6.02. The Morgan fingerprint density at radius 2 is 1.69 bits per heavy atom. The van der Waals surface area contributed by atoms with Gasteiger partial charge in [0, 0.05) is 18.1 Å². The van der Waals surface area contributed by atoms with Crippen molar-refractivity contribution in [3.05, 3.63) is 0 Å². The predicted octanol–water partition coefficient (Wildman–Crippen LogP) is 2.78. The Balaban J connectivity index is 1.99. The van der Waals surface area contributed by atoms with E-state index in [0.29, 0.717) is 0 Å². The molecule has 0 aromatic carbocycles. The molecule has 0 aromatic rings. The molecule has 2 atom stereocenters. The minimum absolute atomic E-state index is 0.737. The van der Waals surface area contributed by atoms with E-state index in [0.717, 1.165) is 18.1 Å². The maximum absolute atomic E-state index is 3.58. The largest absolute Gasteiger partial charge is 0.315 e. The molecule has 2 aliphatic carbocycles. The highest BCUT2D eigenvalue weighted by Crippen LogP contribution is 2.32. The summed E-state index contributed by atoms with van der Waals surface area (Å²) in [6.45, 7) is 3.58. The molecule has 0 amide bonds. The number of likely N-dealkylation sites (N-methyl/N-ethyl adjacent to an activating group) is 2. The molecule has 0 radical (unpaired) electrons. The fourth-order valence-electron chi connectivity index (χ4n) is 3.37. The highest BCUT2D eigenvalue weighted by molar-refractivity contribution is 4.93. The smallest absolute Gasteiger partial charge is 0.0252 e. The van der Waals surface area contributed by atoms with Crippen molar-refractivity contribution >= 4 is 0 Å². The van der Waals surface area contributed by atoms with Crippen LogP contribution in [0.1, 0.15) is 58.3 Å². The van der Waals surface area contributed by atoms with Crippen molar-refractivity contribution in [2.24, 2.45) is 0 Å². The molecule has 2 rings (SSSR count). The molecular formula is C14H28N2. The standard InChI is InChI=1S/C14H28N2/c1-3-16(12-10-11-12)14-9-7-5-4-6-8-13(14)15-2/h12-15H,3-11H2,1-2H3. The van der Waals surface area contributed by atoms with Crippen molar-refractivity contribution < 1.29 is 0 Å². The topological polar surface area (TPSA) is 15.3 Å². The molecule has 0 aliphatic heterocycles. The first-order valence-corrected chi connectivity index (χ1v) is 7.29. The van der Waals surface area contributed by atoms with Crippen molar-refractivity contribution in [3.63, 3.8) is 0 Å². The first kappa shape index (κ1) is 12.4. The van der Waals surface area contributed by atoms with Crippen LogP contribution < -0.4 is 5.32 Å². The van der Waals surface area contributed by atoms with E-state index in [1.807, 2.05) is 0 Å². The summed E-state index contributed by atoms with van der Waals surface area (Å²) in [5.74, 6) is 0. The van der Waals surface area contributed by atoms with Gasteiger partial charge in [-0.15, -0.1) is 0 Å². The minimum Gasteiger partial charge on any atom is -0.315 e. The van der Waals surface area contributed by atoms with Crippen LogP contribution in [0.5, 0.6) is 0 Å². The summed E-state index contributed by atoms with van der Waals surface area (Å²) in [6, 6.07) is 2.47. The minimum atomic E-state index is 0.737. The van der Waals surface area contributed by atoms with Gasteiger partial charge in [0.15, 0.2) is 0 Å². The molecule has 0 spiro atoms. The molecule has 2 nitrogen and oxygen atoms in total. The second-order valence-electron chi connectivity index (χ2n) is 5.52. The lowest BCUT2D eigenvalue weighted by Gasteiger charge is -2.38. The number of hydrogen-bond donors (Lipinski definition) is 1. The lowest BCUT2D eigenvalue weighted by molar-refractivity contribution is 0.135. The van der Waals surface area contributed by atoms with E-state index in [2.05, 4.69) is 24.2 Å². The van der Waals surface area contributed by atoms with Crippen LogP contribution in [-0.2, 0) is 0 Å². The summed E-state index contributed by atoms with van der Waals surface area (Å²) < 4.78 is 0. The molecule has 2 saturated carbocycles. The number of nitrogens with one attached hydrogen (secondary N) is 1. The Morgan fingerprint density at radius 3 is 2.25 bits per heavy atom. The van der Waals surface area contributed by atoms with Gasteiger partial charge in [-0.1, -0.05) is 32.6 Å². The molecule has 16 heavy (non-hydrogen) atoms. The first-order valence-electron chi connectivity index (χ1n) is 7.29. The third-order valence-electron chi connectivity index (χ3n) is 4.41. The third kappa shape index (κ3) is 2.98. The lowest BCUT2D eigenvalue weighted by atomic mass is 9.91. The monoisotopic (exact) mass is 224 g/mol. The molecule has 0 heterocycles. The van der Waals surface area contributed by atoms with Gasteiger partial charge in [0.1, 0.15) is 0 Å². The van der Waals surface area contributed by atoms with E-state index in [1.54, 1.807) is 0 Å². The highest BCUT2D eigenvalue weighted by Gasteiger charge is 2.35. The Morgan fingerprint density at radius 1 is 1.00 bits per heavy atom. The van der Waals surface area contributed by atoms with Gasteiger partial charge in [-0.3, -0.25) is 4.90 Å². The van der Waals surface area contributed by atoms with Gasteiger partial charge in [0.05, 0.1) is 0 Å². The average Bonchev–Trinajstić information content (AvgIpc) is 3.07. The van der Waals surface area contributed by atoms with Gasteiger partial charge in [-0.25, -0.2) is 0 Å². The fourth-order valence-corrected chi connectivity index (χ4v) is 3.37. The van der Waals surface area contributed by atoms with Crippen LogP contribution in [0.2, 0.25) is 0 Å². The molecule has 2 unspecified atom stereocenters. The van der Waals surface area contributed by atoms with Crippen molar-refractivity contribution in [1.29, 1.82) is 0 Å². The molecule has 1 N–H and O–H groups in total. The number of nitrogens with zero attached hydrogens (tertiary/aromatic N) is 1. The van der Waals surface area contributed by atoms with Gasteiger partial charge in [0.2, 0.25) is 0 Å². The maximum Gasteiger partial charge on any atom is 0.0252 e. The fraction of sp³-hybridized carbons (Fsp3) is 1.00. The first-order chi connectivity index (χ1) is 7.86. The van der Waals surface area contributed by atoms with Crippen LogP contribution >= 0.6 is 0 Å². The van der Waals surface area contributed by atoms with E-state index >= 15 is 0 Å². The van der Waals surface area contributed by atoms with Crippen molar-refractivity contribution in [1.82, 2.24) is 10.2 Å². The van der Waals surface area contributed by atoms with Gasteiger partial charge < -0.3 is 5.32 Å². The number of rotatable bonds is 4. The summed E-state index contributed by atoms with van der Waals surface area (Å²) in [6.07, 6.45) is 11.4. The van der Waals surface area contributed by atoms with Gasteiger partial charge in [-0.2, -0.15) is 0 Å². The second-order valence-corrected chi connectivity index (χ2v) is 5.52. The Labute approximate surface area is 101 Å². The van der Waals surface area contributed by atoms with E-state index in [1.165, 1.54) is 57.9 Å². The van der Waals surface area contributed by atoms with Crippen molar-refractivity contribution in [2.45, 2.75) is 76.4 Å². The van der Waals surface area contributed by atoms with Crippen molar-refractivity contribution in [2.75, 3.05) is 13.6 Å². The van der Waals surface area contributed by atoms with Crippen LogP contribution in [0.4, 0.5) is 0 Å². The van der Waals surface area contributed by atoms with E-state index < -0.39 is 0 Å². The van der Waals surface area contributed by atoms with Gasteiger partial charge in [0.25, 0.3) is 0 Å². The van der Waals surface area contributed by atoms with Gasteiger partial charge >= 0.3 is 0 Å². The summed E-state index contributed by atoms with van der Waals surface area (Å²) >= 11 is 0. The Hall–Kier alpha value is -0.0800. The molecule has 2 aliphatic rings. The molecule has 0 aromatic heterocycles. The Kier molecular flexibility index (Phi) is 4.66. The molecule has 2 fully saturated rings. The molecule has 0 saturated heterocycles.